The number of hydrogen-bond donors (Lipinski definition) is 0. The van der Waals surface area contributed by atoms with E-state index in [1.165, 1.54) is 11.3 Å². The van der Waals surface area contributed by atoms with Gasteiger partial charge in [-0.05, 0) is 49.1 Å². The Morgan fingerprint density at radius 2 is 1.80 bits per heavy atom. The van der Waals surface area contributed by atoms with Crippen LogP contribution in [0.25, 0.3) is 10.2 Å². The maximum absolute atomic E-state index is 13.9. The summed E-state index contributed by atoms with van der Waals surface area (Å²) in [7, 11) is 0. The van der Waals surface area contributed by atoms with Gasteiger partial charge in [-0.2, -0.15) is 0 Å². The number of hydrogen-bond acceptors (Lipinski definition) is 5. The molecule has 0 spiro atoms. The lowest BCUT2D eigenvalue weighted by Gasteiger charge is -2.26. The smallest absolute Gasteiger partial charge is 0.229 e. The Bertz CT molecular complexity index is 1210. The van der Waals surface area contributed by atoms with E-state index in [1.807, 2.05) is 66.4 Å². The second-order valence-corrected chi connectivity index (χ2v) is 9.79. The number of nitrogens with zero attached hydrogens (tertiary/aromatic N) is 2. The van der Waals surface area contributed by atoms with Crippen LogP contribution in [0, 0.1) is 0 Å². The van der Waals surface area contributed by atoms with E-state index in [2.05, 4.69) is 24.3 Å². The molecule has 0 bridgehead atoms. The van der Waals surface area contributed by atoms with Gasteiger partial charge in [0, 0.05) is 18.9 Å². The molecule has 5 rings (SSSR count). The minimum atomic E-state index is -0.0316. The number of carbonyl (C=O) groups is 1. The van der Waals surface area contributed by atoms with Crippen molar-refractivity contribution in [1.82, 2.24) is 4.98 Å². The number of amides is 1. The zero-order chi connectivity index (χ0) is 24.0. The standard InChI is InChI=1S/C29H30N2O3S/c1-2-33-23-15-16-26-27(18-23)35-29(30-26)31(20-24-14-9-17-34-24)28(32)19-25(21-10-5-3-6-11-21)22-12-7-4-8-13-22/h3-8,10-13,15-16,18,24-25H,2,9,14,17,19-20H2,1H3/t24-/m1/s1. The molecule has 0 saturated carbocycles. The minimum Gasteiger partial charge on any atom is -0.494 e. The Morgan fingerprint density at radius 1 is 1.09 bits per heavy atom. The molecule has 1 aliphatic rings. The van der Waals surface area contributed by atoms with Gasteiger partial charge < -0.3 is 9.47 Å². The van der Waals surface area contributed by atoms with Crippen molar-refractivity contribution < 1.29 is 14.3 Å². The first-order valence-electron chi connectivity index (χ1n) is 12.3. The summed E-state index contributed by atoms with van der Waals surface area (Å²) < 4.78 is 12.6. The van der Waals surface area contributed by atoms with Gasteiger partial charge in [-0.15, -0.1) is 0 Å². The molecular weight excluding hydrogens is 456 g/mol. The predicted octanol–water partition coefficient (Wildman–Crippen LogP) is 6.43. The van der Waals surface area contributed by atoms with E-state index >= 15 is 0 Å². The average Bonchev–Trinajstić information content (AvgIpc) is 3.56. The van der Waals surface area contributed by atoms with Crippen molar-refractivity contribution in [3.8, 4) is 5.75 Å². The normalized spacial score (nSPS) is 15.5. The highest BCUT2D eigenvalue weighted by Crippen LogP contribution is 2.35. The first-order valence-corrected chi connectivity index (χ1v) is 13.1. The van der Waals surface area contributed by atoms with Crippen LogP contribution < -0.4 is 9.64 Å². The van der Waals surface area contributed by atoms with E-state index in [9.17, 15) is 4.79 Å². The van der Waals surface area contributed by atoms with Crippen LogP contribution in [0.1, 0.15) is 43.2 Å². The second kappa shape index (κ2) is 11.0. The highest BCUT2D eigenvalue weighted by molar-refractivity contribution is 7.22. The van der Waals surface area contributed by atoms with Crippen molar-refractivity contribution in [2.45, 2.75) is 38.2 Å². The molecule has 5 nitrogen and oxygen atoms in total. The fourth-order valence-electron chi connectivity index (χ4n) is 4.63. The summed E-state index contributed by atoms with van der Waals surface area (Å²) in [5.74, 6) is 0.846. The van der Waals surface area contributed by atoms with E-state index in [4.69, 9.17) is 14.5 Å². The SMILES string of the molecule is CCOc1ccc2nc(N(C[C@H]3CCCO3)C(=O)CC(c3ccccc3)c3ccccc3)sc2c1. The minimum absolute atomic E-state index is 0.0316. The van der Waals surface area contributed by atoms with Gasteiger partial charge in [0.15, 0.2) is 5.13 Å². The van der Waals surface area contributed by atoms with Crippen LogP contribution in [0.4, 0.5) is 5.13 Å². The van der Waals surface area contributed by atoms with Crippen molar-refractivity contribution in [3.05, 3.63) is 90.0 Å². The highest BCUT2D eigenvalue weighted by atomic mass is 32.1. The zero-order valence-corrected chi connectivity index (χ0v) is 20.7. The molecule has 1 atom stereocenters. The topological polar surface area (TPSA) is 51.7 Å². The summed E-state index contributed by atoms with van der Waals surface area (Å²) in [6.07, 6.45) is 2.39. The van der Waals surface area contributed by atoms with Crippen LogP contribution in [0.2, 0.25) is 0 Å². The Labute approximate surface area is 210 Å². The number of ether oxygens (including phenoxy) is 2. The van der Waals surface area contributed by atoms with Crippen LogP contribution >= 0.6 is 11.3 Å². The number of carbonyl (C=O) groups excluding carboxylic acids is 1. The van der Waals surface area contributed by atoms with Gasteiger partial charge in [-0.3, -0.25) is 9.69 Å². The molecule has 0 N–H and O–H groups in total. The predicted molar refractivity (Wildman–Crippen MR) is 141 cm³/mol. The van der Waals surface area contributed by atoms with Gasteiger partial charge in [-0.1, -0.05) is 72.0 Å². The fourth-order valence-corrected chi connectivity index (χ4v) is 5.65. The monoisotopic (exact) mass is 486 g/mol. The third-order valence-corrected chi connectivity index (χ3v) is 7.43. The lowest BCUT2D eigenvalue weighted by molar-refractivity contribution is -0.119. The molecule has 0 radical (unpaired) electrons. The lowest BCUT2D eigenvalue weighted by Crippen LogP contribution is -2.38. The van der Waals surface area contributed by atoms with Crippen molar-refractivity contribution in [3.63, 3.8) is 0 Å². The molecule has 6 heteroatoms. The molecular formula is C29H30N2O3S. The van der Waals surface area contributed by atoms with E-state index in [1.54, 1.807) is 0 Å². The third-order valence-electron chi connectivity index (χ3n) is 6.38. The van der Waals surface area contributed by atoms with E-state index < -0.39 is 0 Å². The summed E-state index contributed by atoms with van der Waals surface area (Å²) in [5.41, 5.74) is 3.14. The molecule has 1 aliphatic heterocycles. The molecule has 1 aromatic heterocycles. The summed E-state index contributed by atoms with van der Waals surface area (Å²) in [5, 5.41) is 0.717. The van der Waals surface area contributed by atoms with Crippen LogP contribution in [-0.2, 0) is 9.53 Å². The molecule has 1 fully saturated rings. The Hall–Kier alpha value is -3.22. The van der Waals surface area contributed by atoms with Gasteiger partial charge in [0.25, 0.3) is 0 Å². The number of benzene rings is 3. The first-order chi connectivity index (χ1) is 17.2. The summed E-state index contributed by atoms with van der Waals surface area (Å²) in [6, 6.07) is 26.4. The molecule has 0 aliphatic carbocycles. The van der Waals surface area contributed by atoms with E-state index in [0.717, 1.165) is 46.5 Å². The molecule has 180 valence electrons. The van der Waals surface area contributed by atoms with Gasteiger partial charge in [0.1, 0.15) is 5.75 Å². The van der Waals surface area contributed by atoms with E-state index in [0.29, 0.717) is 24.7 Å². The third kappa shape index (κ3) is 5.55. The Kier molecular flexibility index (Phi) is 7.40. The maximum atomic E-state index is 13.9. The zero-order valence-electron chi connectivity index (χ0n) is 19.9. The van der Waals surface area contributed by atoms with Crippen molar-refractivity contribution in [2.24, 2.45) is 0 Å². The van der Waals surface area contributed by atoms with Crippen molar-refractivity contribution in [1.29, 1.82) is 0 Å². The summed E-state index contributed by atoms with van der Waals surface area (Å²) in [6.45, 7) is 3.86. The van der Waals surface area contributed by atoms with E-state index in [-0.39, 0.29) is 17.9 Å². The number of anilines is 1. The Balaban J connectivity index is 1.47. The number of thiazole rings is 1. The molecule has 1 amide bonds. The van der Waals surface area contributed by atoms with Crippen molar-refractivity contribution in [2.75, 3.05) is 24.7 Å². The van der Waals surface area contributed by atoms with Crippen molar-refractivity contribution >= 4 is 32.6 Å². The largest absolute Gasteiger partial charge is 0.494 e. The average molecular weight is 487 g/mol. The van der Waals surface area contributed by atoms with Gasteiger partial charge in [-0.25, -0.2) is 4.98 Å². The van der Waals surface area contributed by atoms with Gasteiger partial charge >= 0.3 is 0 Å². The van der Waals surface area contributed by atoms with Crippen LogP contribution in [-0.4, -0.2) is 36.8 Å². The number of fused-ring (bicyclic) bond motifs is 1. The van der Waals surface area contributed by atoms with Crippen LogP contribution in [0.5, 0.6) is 5.75 Å². The van der Waals surface area contributed by atoms with Gasteiger partial charge in [0.2, 0.25) is 5.91 Å². The van der Waals surface area contributed by atoms with Gasteiger partial charge in [0.05, 0.1) is 29.5 Å². The van der Waals surface area contributed by atoms with Crippen LogP contribution in [0.3, 0.4) is 0 Å². The number of aromatic nitrogens is 1. The molecule has 1 saturated heterocycles. The quantitative estimate of drug-likeness (QED) is 0.274. The number of rotatable bonds is 9. The molecule has 0 unspecified atom stereocenters. The van der Waals surface area contributed by atoms with Crippen LogP contribution in [0.15, 0.2) is 78.9 Å². The fraction of sp³-hybridized carbons (Fsp3) is 0.310. The highest BCUT2D eigenvalue weighted by Gasteiger charge is 2.29. The molecule has 2 heterocycles. The second-order valence-electron chi connectivity index (χ2n) is 8.78. The molecule has 35 heavy (non-hydrogen) atoms. The first kappa shape index (κ1) is 23.5. The molecule has 3 aromatic carbocycles. The lowest BCUT2D eigenvalue weighted by atomic mass is 9.88. The summed E-state index contributed by atoms with van der Waals surface area (Å²) >= 11 is 1.53. The molecule has 4 aromatic rings. The summed E-state index contributed by atoms with van der Waals surface area (Å²) in [4.78, 5) is 20.6. The maximum Gasteiger partial charge on any atom is 0.229 e. The Morgan fingerprint density at radius 3 is 2.43 bits per heavy atom.